The lowest BCUT2D eigenvalue weighted by Gasteiger charge is -2.08. The predicted octanol–water partition coefficient (Wildman–Crippen LogP) is 4.64. The summed E-state index contributed by atoms with van der Waals surface area (Å²) in [7, 11) is 0. The Morgan fingerprint density at radius 3 is 2.63 bits per heavy atom. The van der Waals surface area contributed by atoms with E-state index in [9.17, 15) is 9.18 Å². The highest BCUT2D eigenvalue weighted by Gasteiger charge is 2.13. The van der Waals surface area contributed by atoms with Crippen LogP contribution in [-0.4, -0.2) is 5.91 Å². The van der Waals surface area contributed by atoms with E-state index >= 15 is 0 Å². The quantitative estimate of drug-likeness (QED) is 0.745. The Balaban J connectivity index is 2.25. The maximum atomic E-state index is 13.7. The van der Waals surface area contributed by atoms with Crippen molar-refractivity contribution >= 4 is 45.8 Å². The second-order valence-electron chi connectivity index (χ2n) is 4.06. The van der Waals surface area contributed by atoms with Gasteiger partial charge in [0.25, 0.3) is 5.91 Å². The van der Waals surface area contributed by atoms with Crippen LogP contribution in [0.2, 0.25) is 5.02 Å². The van der Waals surface area contributed by atoms with Gasteiger partial charge in [-0.05, 0) is 65.4 Å². The fourth-order valence-electron chi connectivity index (χ4n) is 1.58. The third-order valence-corrected chi connectivity index (χ3v) is 3.53. The van der Waals surface area contributed by atoms with Crippen molar-refractivity contribution in [1.82, 2.24) is 0 Å². The number of carbonyl (C=O) groups is 1. The van der Waals surface area contributed by atoms with E-state index in [0.29, 0.717) is 10.7 Å². The molecule has 0 atom stereocenters. The number of halogens is 3. The first kappa shape index (κ1) is 14.3. The Kier molecular flexibility index (Phi) is 4.42. The third kappa shape index (κ3) is 3.45. The number of nitrogens with one attached hydrogen (secondary N) is 1. The molecule has 19 heavy (non-hydrogen) atoms. The van der Waals surface area contributed by atoms with Crippen LogP contribution in [0.25, 0.3) is 0 Å². The maximum absolute atomic E-state index is 13.7. The number of aryl methyl sites for hydroxylation is 1. The average Bonchev–Trinajstić information content (AvgIpc) is 2.32. The summed E-state index contributed by atoms with van der Waals surface area (Å²) in [6, 6.07) is 9.70. The first-order valence-corrected chi connectivity index (χ1v) is 6.95. The fourth-order valence-corrected chi connectivity index (χ4v) is 2.49. The molecule has 1 amide bonds. The maximum Gasteiger partial charge on any atom is 0.258 e. The topological polar surface area (TPSA) is 29.1 Å². The van der Waals surface area contributed by atoms with Crippen molar-refractivity contribution < 1.29 is 9.18 Å². The summed E-state index contributed by atoms with van der Waals surface area (Å²) in [6.45, 7) is 1.76. The molecule has 0 aliphatic carbocycles. The van der Waals surface area contributed by atoms with E-state index in [1.54, 1.807) is 25.1 Å². The smallest absolute Gasteiger partial charge is 0.258 e. The van der Waals surface area contributed by atoms with Crippen LogP contribution in [0.1, 0.15) is 15.9 Å². The number of benzene rings is 2. The van der Waals surface area contributed by atoms with Gasteiger partial charge in [-0.1, -0.05) is 17.7 Å². The largest absolute Gasteiger partial charge is 0.321 e. The van der Waals surface area contributed by atoms with Gasteiger partial charge in [-0.15, -0.1) is 0 Å². The first-order chi connectivity index (χ1) is 8.97. The Labute approximate surface area is 129 Å². The molecule has 0 aliphatic heterocycles. The predicted molar refractivity (Wildman–Crippen MR) is 83.3 cm³/mol. The molecule has 0 spiro atoms. The molecule has 2 aromatic rings. The summed E-state index contributed by atoms with van der Waals surface area (Å²) in [4.78, 5) is 12.0. The Hall–Kier alpha value is -1.14. The normalized spacial score (nSPS) is 10.3. The van der Waals surface area contributed by atoms with Crippen molar-refractivity contribution in [3.05, 3.63) is 61.9 Å². The van der Waals surface area contributed by atoms with Crippen molar-refractivity contribution in [3.63, 3.8) is 0 Å². The van der Waals surface area contributed by atoms with Crippen molar-refractivity contribution in [1.29, 1.82) is 0 Å². The lowest BCUT2D eigenvalue weighted by molar-refractivity contribution is 0.102. The molecule has 1 N–H and O–H groups in total. The zero-order valence-corrected chi connectivity index (χ0v) is 12.9. The lowest BCUT2D eigenvalue weighted by atomic mass is 10.1. The lowest BCUT2D eigenvalue weighted by Crippen LogP contribution is -2.14. The average molecular weight is 390 g/mol. The van der Waals surface area contributed by atoms with Gasteiger partial charge in [0.15, 0.2) is 0 Å². The van der Waals surface area contributed by atoms with E-state index in [1.165, 1.54) is 12.1 Å². The zero-order valence-electron chi connectivity index (χ0n) is 10.0. The van der Waals surface area contributed by atoms with Crippen molar-refractivity contribution in [2.75, 3.05) is 5.32 Å². The first-order valence-electron chi connectivity index (χ1n) is 5.50. The summed E-state index contributed by atoms with van der Waals surface area (Å²) < 4.78 is 14.6. The molecule has 98 valence electrons. The standard InChI is InChI=1S/C14H10ClFINO/c1-8-2-4-10(12(16)6-8)14(19)18-13-5-3-9(17)7-11(13)15/h2-7H,1H3,(H,18,19). The highest BCUT2D eigenvalue weighted by Crippen LogP contribution is 2.24. The van der Waals surface area contributed by atoms with E-state index < -0.39 is 11.7 Å². The molecular formula is C14H10ClFINO. The number of hydrogen-bond acceptors (Lipinski definition) is 1. The van der Waals surface area contributed by atoms with Crippen LogP contribution in [0.4, 0.5) is 10.1 Å². The summed E-state index contributed by atoms with van der Waals surface area (Å²) in [5.41, 5.74) is 1.23. The molecule has 0 aliphatic rings. The van der Waals surface area contributed by atoms with E-state index in [0.717, 1.165) is 9.13 Å². The molecule has 0 aromatic heterocycles. The van der Waals surface area contributed by atoms with Gasteiger partial charge in [-0.2, -0.15) is 0 Å². The number of anilines is 1. The van der Waals surface area contributed by atoms with Gasteiger partial charge in [-0.3, -0.25) is 4.79 Å². The molecule has 2 nitrogen and oxygen atoms in total. The minimum atomic E-state index is -0.542. The monoisotopic (exact) mass is 389 g/mol. The Morgan fingerprint density at radius 2 is 2.00 bits per heavy atom. The van der Waals surface area contributed by atoms with Gasteiger partial charge in [0, 0.05) is 3.57 Å². The number of carbonyl (C=O) groups excluding carboxylic acids is 1. The van der Waals surface area contributed by atoms with Crippen molar-refractivity contribution in [3.8, 4) is 0 Å². The van der Waals surface area contributed by atoms with Crippen LogP contribution >= 0.6 is 34.2 Å². The van der Waals surface area contributed by atoms with Gasteiger partial charge in [0.2, 0.25) is 0 Å². The molecule has 0 radical (unpaired) electrons. The van der Waals surface area contributed by atoms with Crippen LogP contribution < -0.4 is 5.32 Å². The van der Waals surface area contributed by atoms with Gasteiger partial charge in [-0.25, -0.2) is 4.39 Å². The zero-order chi connectivity index (χ0) is 14.0. The Morgan fingerprint density at radius 1 is 1.26 bits per heavy atom. The number of rotatable bonds is 2. The van der Waals surface area contributed by atoms with Gasteiger partial charge in [0.05, 0.1) is 16.3 Å². The van der Waals surface area contributed by atoms with Gasteiger partial charge in [0.1, 0.15) is 5.82 Å². The van der Waals surface area contributed by atoms with Crippen LogP contribution in [0.5, 0.6) is 0 Å². The molecular weight excluding hydrogens is 380 g/mol. The number of hydrogen-bond donors (Lipinski definition) is 1. The fraction of sp³-hybridized carbons (Fsp3) is 0.0714. The molecule has 0 bridgehead atoms. The highest BCUT2D eigenvalue weighted by molar-refractivity contribution is 14.1. The molecule has 0 saturated carbocycles. The minimum absolute atomic E-state index is 0.000201. The van der Waals surface area contributed by atoms with Gasteiger partial charge < -0.3 is 5.32 Å². The second-order valence-corrected chi connectivity index (χ2v) is 5.71. The molecule has 0 fully saturated rings. The number of amides is 1. The van der Waals surface area contributed by atoms with Crippen LogP contribution in [-0.2, 0) is 0 Å². The van der Waals surface area contributed by atoms with Crippen LogP contribution in [0.3, 0.4) is 0 Å². The summed E-state index contributed by atoms with van der Waals surface area (Å²) >= 11 is 8.13. The molecule has 0 saturated heterocycles. The van der Waals surface area contributed by atoms with Gasteiger partial charge >= 0.3 is 0 Å². The van der Waals surface area contributed by atoms with E-state index in [2.05, 4.69) is 27.9 Å². The Bertz CT molecular complexity index is 645. The summed E-state index contributed by atoms with van der Waals surface area (Å²) in [5, 5.41) is 3.02. The SMILES string of the molecule is Cc1ccc(C(=O)Nc2ccc(I)cc2Cl)c(F)c1. The van der Waals surface area contributed by atoms with Crippen LogP contribution in [0.15, 0.2) is 36.4 Å². The van der Waals surface area contributed by atoms with E-state index in [-0.39, 0.29) is 5.56 Å². The summed E-state index contributed by atoms with van der Waals surface area (Å²) in [6.07, 6.45) is 0. The minimum Gasteiger partial charge on any atom is -0.321 e. The van der Waals surface area contributed by atoms with E-state index in [1.807, 2.05) is 6.07 Å². The van der Waals surface area contributed by atoms with Crippen LogP contribution in [0, 0.1) is 16.3 Å². The molecule has 0 unspecified atom stereocenters. The summed E-state index contributed by atoms with van der Waals surface area (Å²) in [5.74, 6) is -1.06. The van der Waals surface area contributed by atoms with Crippen molar-refractivity contribution in [2.24, 2.45) is 0 Å². The molecule has 2 aromatic carbocycles. The van der Waals surface area contributed by atoms with E-state index in [4.69, 9.17) is 11.6 Å². The molecule has 5 heteroatoms. The molecule has 0 heterocycles. The van der Waals surface area contributed by atoms with Crippen molar-refractivity contribution in [2.45, 2.75) is 6.92 Å². The second kappa shape index (κ2) is 5.88. The molecule has 2 rings (SSSR count). The highest BCUT2D eigenvalue weighted by atomic mass is 127. The third-order valence-electron chi connectivity index (χ3n) is 2.55.